The second-order valence-corrected chi connectivity index (χ2v) is 4.48. The number of Topliss-reactive ketones (excluding diaryl/α,β-unsaturated/α-hetero) is 1. The number of carbonyl (C=O) groups is 3. The largest absolute Gasteiger partial charge is 0.464 e. The number of halogens is 1. The molecule has 0 aliphatic heterocycles. The summed E-state index contributed by atoms with van der Waals surface area (Å²) >= 11 is 0. The molecule has 0 amide bonds. The molecule has 0 fully saturated rings. The first-order valence-corrected chi connectivity index (χ1v) is 6.48. The second-order valence-electron chi connectivity index (χ2n) is 4.48. The Morgan fingerprint density at radius 3 is 2.26 bits per heavy atom. The lowest BCUT2D eigenvalue weighted by Gasteiger charge is -2.07. The zero-order valence-electron chi connectivity index (χ0n) is 12.4. The van der Waals surface area contributed by atoms with Gasteiger partial charge in [-0.05, 0) is 24.3 Å². The number of carbonyl (C=O) groups excluding carboxylic acids is 3. The van der Waals surface area contributed by atoms with Gasteiger partial charge in [-0.2, -0.15) is 0 Å². The number of imidazole rings is 1. The lowest BCUT2D eigenvalue weighted by molar-refractivity contribution is 0.0543. The molecule has 0 N–H and O–H groups in total. The maximum Gasteiger partial charge on any atom is 0.359 e. The molecule has 2 aromatic rings. The minimum absolute atomic E-state index is 0.185. The molecule has 0 spiro atoms. The highest BCUT2D eigenvalue weighted by atomic mass is 19.1. The predicted molar refractivity (Wildman–Crippen MR) is 75.6 cm³/mol. The summed E-state index contributed by atoms with van der Waals surface area (Å²) < 4.78 is 23.2. The number of hydrogen-bond acceptors (Lipinski definition) is 6. The molecule has 1 aromatic carbocycles. The van der Waals surface area contributed by atoms with E-state index in [9.17, 15) is 18.8 Å². The Morgan fingerprint density at radius 2 is 1.70 bits per heavy atom. The van der Waals surface area contributed by atoms with E-state index >= 15 is 0 Å². The van der Waals surface area contributed by atoms with Crippen LogP contribution in [0.5, 0.6) is 0 Å². The van der Waals surface area contributed by atoms with Crippen molar-refractivity contribution in [2.24, 2.45) is 0 Å². The lowest BCUT2D eigenvalue weighted by atomic mass is 10.1. The van der Waals surface area contributed by atoms with E-state index in [2.05, 4.69) is 14.5 Å². The fourth-order valence-corrected chi connectivity index (χ4v) is 1.94. The molecule has 0 aliphatic carbocycles. The molecule has 0 aliphatic rings. The first-order valence-electron chi connectivity index (χ1n) is 6.48. The number of benzene rings is 1. The molecule has 0 saturated carbocycles. The number of methoxy groups -OCH3 is 2. The van der Waals surface area contributed by atoms with Crippen LogP contribution in [0.25, 0.3) is 0 Å². The first-order chi connectivity index (χ1) is 11.0. The van der Waals surface area contributed by atoms with Crippen molar-refractivity contribution >= 4 is 17.7 Å². The van der Waals surface area contributed by atoms with Gasteiger partial charge in [0.1, 0.15) is 5.82 Å². The molecule has 1 heterocycles. The highest BCUT2D eigenvalue weighted by molar-refractivity contribution is 6.01. The van der Waals surface area contributed by atoms with Crippen LogP contribution >= 0.6 is 0 Å². The van der Waals surface area contributed by atoms with Gasteiger partial charge in [-0.1, -0.05) is 0 Å². The van der Waals surface area contributed by atoms with Crippen molar-refractivity contribution in [1.29, 1.82) is 0 Å². The molecular formula is C15H13FN2O5. The van der Waals surface area contributed by atoms with Crippen LogP contribution in [-0.4, -0.2) is 41.5 Å². The summed E-state index contributed by atoms with van der Waals surface area (Å²) in [5, 5.41) is 0. The standard InChI is InChI=1S/C15H13FN2O5/c1-22-14(20)12-13(15(21)23-2)18(8-17-12)7-11(19)9-3-5-10(16)6-4-9/h3-6,8H,7H2,1-2H3. The second kappa shape index (κ2) is 6.82. The average molecular weight is 320 g/mol. The highest BCUT2D eigenvalue weighted by Crippen LogP contribution is 2.13. The van der Waals surface area contributed by atoms with Gasteiger partial charge in [-0.25, -0.2) is 19.0 Å². The molecule has 0 saturated heterocycles. The van der Waals surface area contributed by atoms with Crippen LogP contribution in [0.1, 0.15) is 31.3 Å². The number of aromatic nitrogens is 2. The lowest BCUT2D eigenvalue weighted by Crippen LogP contribution is -2.19. The van der Waals surface area contributed by atoms with Gasteiger partial charge in [0.15, 0.2) is 17.2 Å². The van der Waals surface area contributed by atoms with Crippen LogP contribution < -0.4 is 0 Å². The fourth-order valence-electron chi connectivity index (χ4n) is 1.94. The SMILES string of the molecule is COC(=O)c1ncn(CC(=O)c2ccc(F)cc2)c1C(=O)OC. The number of ketones is 1. The Labute approximate surface area is 130 Å². The van der Waals surface area contributed by atoms with Gasteiger partial charge in [0.2, 0.25) is 0 Å². The van der Waals surface area contributed by atoms with Crippen molar-refractivity contribution in [3.63, 3.8) is 0 Å². The van der Waals surface area contributed by atoms with Gasteiger partial charge in [-0.3, -0.25) is 4.79 Å². The van der Waals surface area contributed by atoms with E-state index in [0.29, 0.717) is 0 Å². The van der Waals surface area contributed by atoms with Crippen molar-refractivity contribution in [2.45, 2.75) is 6.54 Å². The molecule has 0 unspecified atom stereocenters. The summed E-state index contributed by atoms with van der Waals surface area (Å²) in [6.45, 7) is -0.264. The molecule has 0 radical (unpaired) electrons. The van der Waals surface area contributed by atoms with Gasteiger partial charge in [-0.15, -0.1) is 0 Å². The van der Waals surface area contributed by atoms with Gasteiger partial charge >= 0.3 is 11.9 Å². The molecule has 8 heteroatoms. The van der Waals surface area contributed by atoms with Crippen molar-refractivity contribution in [3.8, 4) is 0 Å². The molecule has 0 atom stereocenters. The average Bonchev–Trinajstić information content (AvgIpc) is 2.97. The van der Waals surface area contributed by atoms with Gasteiger partial charge in [0.05, 0.1) is 27.1 Å². The molecular weight excluding hydrogens is 307 g/mol. The molecule has 7 nitrogen and oxygen atoms in total. The monoisotopic (exact) mass is 320 g/mol. The van der Waals surface area contributed by atoms with Crippen molar-refractivity contribution in [2.75, 3.05) is 14.2 Å². The minimum Gasteiger partial charge on any atom is -0.464 e. The summed E-state index contributed by atoms with van der Waals surface area (Å²) in [7, 11) is 2.29. The quantitative estimate of drug-likeness (QED) is 0.612. The van der Waals surface area contributed by atoms with Gasteiger partial charge in [0.25, 0.3) is 0 Å². The molecule has 23 heavy (non-hydrogen) atoms. The minimum atomic E-state index is -0.824. The van der Waals surface area contributed by atoms with Crippen LogP contribution in [0.4, 0.5) is 4.39 Å². The van der Waals surface area contributed by atoms with Crippen LogP contribution in [0, 0.1) is 5.82 Å². The van der Waals surface area contributed by atoms with E-state index < -0.39 is 17.8 Å². The zero-order chi connectivity index (χ0) is 17.0. The van der Waals surface area contributed by atoms with E-state index in [1.807, 2.05) is 0 Å². The number of nitrogens with zero attached hydrogens (tertiary/aromatic N) is 2. The normalized spacial score (nSPS) is 10.2. The Kier molecular flexibility index (Phi) is 4.85. The van der Waals surface area contributed by atoms with Crippen LogP contribution in [0.15, 0.2) is 30.6 Å². The smallest absolute Gasteiger partial charge is 0.359 e. The Hall–Kier alpha value is -3.03. The molecule has 1 aromatic heterocycles. The molecule has 2 rings (SSSR count). The van der Waals surface area contributed by atoms with Gasteiger partial charge < -0.3 is 14.0 Å². The third kappa shape index (κ3) is 3.42. The summed E-state index contributed by atoms with van der Waals surface area (Å²) in [4.78, 5) is 39.5. The molecule has 0 bridgehead atoms. The van der Waals surface area contributed by atoms with Crippen molar-refractivity contribution in [3.05, 3.63) is 53.4 Å². The van der Waals surface area contributed by atoms with E-state index in [1.165, 1.54) is 23.0 Å². The van der Waals surface area contributed by atoms with Crippen molar-refractivity contribution < 1.29 is 28.2 Å². The van der Waals surface area contributed by atoms with Crippen LogP contribution in [-0.2, 0) is 16.0 Å². The van der Waals surface area contributed by atoms with E-state index in [-0.39, 0.29) is 29.3 Å². The third-order valence-corrected chi connectivity index (χ3v) is 3.08. The Morgan fingerprint density at radius 1 is 1.09 bits per heavy atom. The van der Waals surface area contributed by atoms with Crippen LogP contribution in [0.2, 0.25) is 0 Å². The topological polar surface area (TPSA) is 87.5 Å². The maximum absolute atomic E-state index is 12.9. The molecule has 120 valence electrons. The number of ether oxygens (including phenoxy) is 2. The highest BCUT2D eigenvalue weighted by Gasteiger charge is 2.26. The van der Waals surface area contributed by atoms with Crippen molar-refractivity contribution in [1.82, 2.24) is 9.55 Å². The summed E-state index contributed by atoms with van der Waals surface area (Å²) in [5.41, 5.74) is -0.170. The Bertz CT molecular complexity index is 752. The zero-order valence-corrected chi connectivity index (χ0v) is 12.4. The third-order valence-electron chi connectivity index (χ3n) is 3.08. The summed E-state index contributed by atoms with van der Waals surface area (Å²) in [5.74, 6) is -2.50. The van der Waals surface area contributed by atoms with E-state index in [0.717, 1.165) is 26.4 Å². The van der Waals surface area contributed by atoms with Gasteiger partial charge in [0, 0.05) is 5.56 Å². The fraction of sp³-hybridized carbons (Fsp3) is 0.200. The van der Waals surface area contributed by atoms with E-state index in [4.69, 9.17) is 0 Å². The summed E-state index contributed by atoms with van der Waals surface area (Å²) in [6, 6.07) is 4.96. The number of hydrogen-bond donors (Lipinski definition) is 0. The first kappa shape index (κ1) is 16.3. The van der Waals surface area contributed by atoms with E-state index in [1.54, 1.807) is 0 Å². The van der Waals surface area contributed by atoms with Crippen LogP contribution in [0.3, 0.4) is 0 Å². The summed E-state index contributed by atoms with van der Waals surface area (Å²) in [6.07, 6.45) is 1.17. The maximum atomic E-state index is 12.9. The number of esters is 2. The number of rotatable bonds is 5. The Balaban J connectivity index is 2.34. The predicted octanol–water partition coefficient (Wildman–Crippen LogP) is 1.48.